The number of aryl methyl sites for hydroxylation is 1. The predicted molar refractivity (Wildman–Crippen MR) is 126 cm³/mol. The largest absolute Gasteiger partial charge is 0.493 e. The minimum absolute atomic E-state index is 0.0544. The van der Waals surface area contributed by atoms with Crippen LogP contribution in [0.1, 0.15) is 37.0 Å². The molecule has 3 rings (SSSR count). The van der Waals surface area contributed by atoms with Crippen LogP contribution >= 0.6 is 38.5 Å². The number of hydrogen-bond acceptors (Lipinski definition) is 5. The van der Waals surface area contributed by atoms with E-state index in [1.807, 2.05) is 44.2 Å². The standard InChI is InChI=1S/C22H21BrINO4/c1-5-13(3)28-20-16(23)9-14(11-19(20)27-4)10-18-22(26)29-21(25-18)15-6-7-17(24)12(2)8-15/h6-11,13H,5H2,1-4H3/b18-10-. The third-order valence-electron chi connectivity index (χ3n) is 4.47. The van der Waals surface area contributed by atoms with E-state index in [1.54, 1.807) is 13.2 Å². The quantitative estimate of drug-likeness (QED) is 0.247. The maximum absolute atomic E-state index is 12.3. The van der Waals surface area contributed by atoms with Gasteiger partial charge in [0.15, 0.2) is 17.2 Å². The Morgan fingerprint density at radius 1 is 1.31 bits per heavy atom. The van der Waals surface area contributed by atoms with Crippen molar-refractivity contribution in [3.8, 4) is 11.5 Å². The number of hydrogen-bond donors (Lipinski definition) is 0. The van der Waals surface area contributed by atoms with Crippen LogP contribution in [0.4, 0.5) is 0 Å². The van der Waals surface area contributed by atoms with Crippen LogP contribution in [-0.2, 0) is 9.53 Å². The lowest BCUT2D eigenvalue weighted by Crippen LogP contribution is -2.11. The highest BCUT2D eigenvalue weighted by atomic mass is 127. The Labute approximate surface area is 192 Å². The molecular formula is C22H21BrINO4. The maximum Gasteiger partial charge on any atom is 0.363 e. The summed E-state index contributed by atoms with van der Waals surface area (Å²) in [6.07, 6.45) is 2.61. The molecule has 0 fully saturated rings. The fourth-order valence-corrected chi connectivity index (χ4v) is 3.58. The maximum atomic E-state index is 12.3. The molecule has 0 amide bonds. The summed E-state index contributed by atoms with van der Waals surface area (Å²) in [4.78, 5) is 16.7. The molecule has 2 aromatic rings. The van der Waals surface area contributed by atoms with E-state index in [-0.39, 0.29) is 11.8 Å². The molecule has 0 aromatic heterocycles. The molecule has 0 spiro atoms. The van der Waals surface area contributed by atoms with Crippen molar-refractivity contribution in [2.75, 3.05) is 7.11 Å². The van der Waals surface area contributed by atoms with Crippen molar-refractivity contribution < 1.29 is 19.0 Å². The molecule has 2 aromatic carbocycles. The lowest BCUT2D eigenvalue weighted by molar-refractivity contribution is -0.129. The molecule has 29 heavy (non-hydrogen) atoms. The molecule has 7 heteroatoms. The van der Waals surface area contributed by atoms with Crippen LogP contribution < -0.4 is 9.47 Å². The van der Waals surface area contributed by atoms with E-state index in [0.29, 0.717) is 17.4 Å². The van der Waals surface area contributed by atoms with Crippen molar-refractivity contribution in [3.05, 3.63) is 60.8 Å². The van der Waals surface area contributed by atoms with Crippen molar-refractivity contribution in [2.45, 2.75) is 33.3 Å². The fraction of sp³-hybridized carbons (Fsp3) is 0.273. The molecule has 1 aliphatic rings. The van der Waals surface area contributed by atoms with Gasteiger partial charge in [0.05, 0.1) is 17.7 Å². The van der Waals surface area contributed by atoms with Gasteiger partial charge in [-0.05, 0) is 106 Å². The molecule has 0 radical (unpaired) electrons. The van der Waals surface area contributed by atoms with Gasteiger partial charge in [-0.25, -0.2) is 9.79 Å². The van der Waals surface area contributed by atoms with E-state index in [1.165, 1.54) is 0 Å². The van der Waals surface area contributed by atoms with Crippen LogP contribution in [-0.4, -0.2) is 25.1 Å². The Hall–Kier alpha value is -1.87. The van der Waals surface area contributed by atoms with E-state index in [2.05, 4.69) is 50.4 Å². The minimum Gasteiger partial charge on any atom is -0.493 e. The lowest BCUT2D eigenvalue weighted by atomic mass is 10.1. The first-order valence-electron chi connectivity index (χ1n) is 9.15. The highest BCUT2D eigenvalue weighted by molar-refractivity contribution is 14.1. The summed E-state index contributed by atoms with van der Waals surface area (Å²) in [5, 5.41) is 0. The molecule has 0 N–H and O–H groups in total. The second-order valence-electron chi connectivity index (χ2n) is 6.67. The lowest BCUT2D eigenvalue weighted by Gasteiger charge is -2.17. The zero-order valence-corrected chi connectivity index (χ0v) is 20.3. The average molecular weight is 570 g/mol. The highest BCUT2D eigenvalue weighted by Gasteiger charge is 2.25. The molecule has 1 heterocycles. The molecule has 5 nitrogen and oxygen atoms in total. The van der Waals surface area contributed by atoms with Gasteiger partial charge >= 0.3 is 5.97 Å². The number of methoxy groups -OCH3 is 1. The summed E-state index contributed by atoms with van der Waals surface area (Å²) in [7, 11) is 1.58. The van der Waals surface area contributed by atoms with Crippen molar-refractivity contribution in [1.82, 2.24) is 0 Å². The van der Waals surface area contributed by atoms with E-state index in [4.69, 9.17) is 14.2 Å². The Balaban J connectivity index is 1.94. The number of ether oxygens (including phenoxy) is 3. The van der Waals surface area contributed by atoms with Crippen LogP contribution in [0, 0.1) is 10.5 Å². The summed E-state index contributed by atoms with van der Waals surface area (Å²) in [6.45, 7) is 6.06. The summed E-state index contributed by atoms with van der Waals surface area (Å²) in [6, 6.07) is 9.50. The van der Waals surface area contributed by atoms with Crippen LogP contribution in [0.3, 0.4) is 0 Å². The molecule has 0 aliphatic carbocycles. The van der Waals surface area contributed by atoms with Crippen LogP contribution in [0.2, 0.25) is 0 Å². The van der Waals surface area contributed by atoms with Gasteiger partial charge in [0, 0.05) is 9.13 Å². The number of rotatable bonds is 6. The van der Waals surface area contributed by atoms with E-state index >= 15 is 0 Å². The first kappa shape index (κ1) is 21.8. The number of esters is 1. The molecule has 0 saturated carbocycles. The fourth-order valence-electron chi connectivity index (χ4n) is 2.69. The number of nitrogens with zero attached hydrogens (tertiary/aromatic N) is 1. The monoisotopic (exact) mass is 569 g/mol. The van der Waals surface area contributed by atoms with Crippen LogP contribution in [0.5, 0.6) is 11.5 Å². The molecule has 1 unspecified atom stereocenters. The van der Waals surface area contributed by atoms with E-state index in [9.17, 15) is 4.79 Å². The van der Waals surface area contributed by atoms with Gasteiger partial charge in [0.2, 0.25) is 5.90 Å². The van der Waals surface area contributed by atoms with Crippen molar-refractivity contribution in [3.63, 3.8) is 0 Å². The second kappa shape index (κ2) is 9.30. The summed E-state index contributed by atoms with van der Waals surface area (Å²) in [5.74, 6) is 1.04. The zero-order valence-electron chi connectivity index (χ0n) is 16.6. The predicted octanol–water partition coefficient (Wildman–Crippen LogP) is 5.89. The Kier molecular flexibility index (Phi) is 7.00. The Morgan fingerprint density at radius 3 is 2.72 bits per heavy atom. The summed E-state index contributed by atoms with van der Waals surface area (Å²) >= 11 is 5.80. The molecule has 1 aliphatic heterocycles. The minimum atomic E-state index is -0.480. The first-order valence-corrected chi connectivity index (χ1v) is 11.0. The molecule has 0 saturated heterocycles. The third-order valence-corrected chi connectivity index (χ3v) is 6.27. The molecule has 1 atom stereocenters. The number of carbonyl (C=O) groups excluding carboxylic acids is 1. The topological polar surface area (TPSA) is 57.1 Å². The van der Waals surface area contributed by atoms with Crippen molar-refractivity contribution >= 4 is 56.5 Å². The Bertz CT molecular complexity index is 1020. The van der Waals surface area contributed by atoms with E-state index < -0.39 is 5.97 Å². The van der Waals surface area contributed by atoms with E-state index in [0.717, 1.165) is 31.2 Å². The second-order valence-corrected chi connectivity index (χ2v) is 8.69. The summed E-state index contributed by atoms with van der Waals surface area (Å²) in [5.41, 5.74) is 2.86. The van der Waals surface area contributed by atoms with Crippen LogP contribution in [0.15, 0.2) is 45.5 Å². The van der Waals surface area contributed by atoms with Crippen LogP contribution in [0.25, 0.3) is 6.08 Å². The van der Waals surface area contributed by atoms with Gasteiger partial charge in [0.25, 0.3) is 0 Å². The Morgan fingerprint density at radius 2 is 2.07 bits per heavy atom. The third kappa shape index (κ3) is 5.01. The smallest absolute Gasteiger partial charge is 0.363 e. The van der Waals surface area contributed by atoms with Gasteiger partial charge < -0.3 is 14.2 Å². The molecular weight excluding hydrogens is 549 g/mol. The molecule has 0 bridgehead atoms. The number of benzene rings is 2. The first-order chi connectivity index (χ1) is 13.8. The average Bonchev–Trinajstić information content (AvgIpc) is 3.05. The summed E-state index contributed by atoms with van der Waals surface area (Å²) < 4.78 is 18.7. The number of cyclic esters (lactones) is 1. The number of halogens is 2. The van der Waals surface area contributed by atoms with Gasteiger partial charge in [-0.15, -0.1) is 0 Å². The number of aliphatic imine (C=N–C) groups is 1. The van der Waals surface area contributed by atoms with Gasteiger partial charge in [-0.1, -0.05) is 6.92 Å². The highest BCUT2D eigenvalue weighted by Crippen LogP contribution is 2.38. The van der Waals surface area contributed by atoms with Crippen molar-refractivity contribution in [1.29, 1.82) is 0 Å². The van der Waals surface area contributed by atoms with Gasteiger partial charge in [0.1, 0.15) is 0 Å². The SMILES string of the molecule is CCC(C)Oc1c(Br)cc(/C=C2\N=C(c3ccc(I)c(C)c3)OC2=O)cc1OC. The number of carbonyl (C=O) groups is 1. The van der Waals surface area contributed by atoms with Crippen molar-refractivity contribution in [2.24, 2.45) is 4.99 Å². The van der Waals surface area contributed by atoms with Gasteiger partial charge in [-0.2, -0.15) is 0 Å². The zero-order chi connectivity index (χ0) is 21.1. The normalized spacial score (nSPS) is 15.9. The molecule has 152 valence electrons. The van der Waals surface area contributed by atoms with Gasteiger partial charge in [-0.3, -0.25) is 0 Å².